The van der Waals surface area contributed by atoms with Crippen molar-refractivity contribution in [3.63, 3.8) is 0 Å². The maximum atomic E-state index is 3.76. The molecule has 1 nitrogen and oxygen atoms in total. The summed E-state index contributed by atoms with van der Waals surface area (Å²) in [5, 5.41) is 3.69. The molecule has 2 aliphatic rings. The maximum absolute atomic E-state index is 3.76. The van der Waals surface area contributed by atoms with Gasteiger partial charge in [0, 0.05) is 29.3 Å². The van der Waals surface area contributed by atoms with Crippen LogP contribution in [0.15, 0.2) is 90.7 Å². The molecular formula is C26H15Br4N. The van der Waals surface area contributed by atoms with Crippen LogP contribution in [0.1, 0.15) is 33.4 Å². The number of hydrogen-bond acceptors (Lipinski definition) is 1. The lowest BCUT2D eigenvalue weighted by molar-refractivity contribution is 0.697. The normalized spacial score (nSPS) is 14.8. The van der Waals surface area contributed by atoms with E-state index in [0.717, 1.165) is 35.7 Å². The molecule has 0 aromatic heterocycles. The van der Waals surface area contributed by atoms with E-state index in [4.69, 9.17) is 0 Å². The molecule has 31 heavy (non-hydrogen) atoms. The highest BCUT2D eigenvalue weighted by Gasteiger charge is 2.48. The van der Waals surface area contributed by atoms with E-state index < -0.39 is 5.41 Å². The fraction of sp³-hybridized carbons (Fsp3) is 0.0769. The first-order chi connectivity index (χ1) is 15.0. The molecular weight excluding hydrogens is 646 g/mol. The molecule has 0 radical (unpaired) electrons. The van der Waals surface area contributed by atoms with Crippen LogP contribution in [0.5, 0.6) is 0 Å². The largest absolute Gasteiger partial charge is 0.355 e. The Kier molecular flexibility index (Phi) is 4.77. The van der Waals surface area contributed by atoms with Gasteiger partial charge in [-0.25, -0.2) is 0 Å². The van der Waals surface area contributed by atoms with Crippen molar-refractivity contribution < 1.29 is 0 Å². The second kappa shape index (κ2) is 7.31. The molecule has 6 rings (SSSR count). The smallest absolute Gasteiger partial charge is 0.0749 e. The van der Waals surface area contributed by atoms with Crippen molar-refractivity contribution in [3.05, 3.63) is 124 Å². The van der Waals surface area contributed by atoms with Crippen LogP contribution in [0.3, 0.4) is 0 Å². The molecule has 0 atom stereocenters. The summed E-state index contributed by atoms with van der Waals surface area (Å²) in [6.07, 6.45) is 0.924. The predicted octanol–water partition coefficient (Wildman–Crippen LogP) is 9.08. The molecule has 4 aromatic carbocycles. The van der Waals surface area contributed by atoms with E-state index in [9.17, 15) is 0 Å². The monoisotopic (exact) mass is 657 g/mol. The van der Waals surface area contributed by atoms with Crippen LogP contribution in [-0.2, 0) is 11.8 Å². The van der Waals surface area contributed by atoms with E-state index in [2.05, 4.69) is 142 Å². The predicted molar refractivity (Wildman–Crippen MR) is 142 cm³/mol. The molecule has 1 heterocycles. The summed E-state index contributed by atoms with van der Waals surface area (Å²) in [4.78, 5) is 0. The Morgan fingerprint density at radius 3 is 1.35 bits per heavy atom. The zero-order valence-corrected chi connectivity index (χ0v) is 22.5. The summed E-state index contributed by atoms with van der Waals surface area (Å²) in [6, 6.07) is 26.6. The van der Waals surface area contributed by atoms with Gasteiger partial charge in [-0.15, -0.1) is 0 Å². The van der Waals surface area contributed by atoms with Crippen LogP contribution in [0.4, 0.5) is 11.4 Å². The quantitative estimate of drug-likeness (QED) is 0.171. The number of hydrogen-bond donors (Lipinski definition) is 1. The van der Waals surface area contributed by atoms with Crippen molar-refractivity contribution in [3.8, 4) is 0 Å². The van der Waals surface area contributed by atoms with Crippen molar-refractivity contribution in [1.82, 2.24) is 0 Å². The number of halogens is 4. The first kappa shape index (κ1) is 20.2. The van der Waals surface area contributed by atoms with Gasteiger partial charge in [-0.2, -0.15) is 0 Å². The van der Waals surface area contributed by atoms with Gasteiger partial charge in [0.15, 0.2) is 0 Å². The van der Waals surface area contributed by atoms with Crippen molar-refractivity contribution in [2.24, 2.45) is 0 Å². The molecule has 0 unspecified atom stereocenters. The average molecular weight is 661 g/mol. The van der Waals surface area contributed by atoms with Crippen LogP contribution >= 0.6 is 63.7 Å². The highest BCUT2D eigenvalue weighted by atomic mass is 79.9. The summed E-state index contributed by atoms with van der Waals surface area (Å²) in [5.41, 5.74) is 9.72. The van der Waals surface area contributed by atoms with E-state index in [1.54, 1.807) is 0 Å². The van der Waals surface area contributed by atoms with E-state index in [0.29, 0.717) is 0 Å². The minimum atomic E-state index is -0.431. The summed E-state index contributed by atoms with van der Waals surface area (Å²) in [6.45, 7) is 0. The third-order valence-electron chi connectivity index (χ3n) is 6.37. The average Bonchev–Trinajstić information content (AvgIpc) is 2.75. The zero-order chi connectivity index (χ0) is 21.3. The van der Waals surface area contributed by atoms with Crippen LogP contribution in [0.2, 0.25) is 0 Å². The van der Waals surface area contributed by atoms with Gasteiger partial charge in [-0.1, -0.05) is 75.9 Å². The minimum absolute atomic E-state index is 0.431. The highest BCUT2D eigenvalue weighted by molar-refractivity contribution is 9.11. The van der Waals surface area contributed by atoms with Crippen molar-refractivity contribution in [2.45, 2.75) is 11.8 Å². The summed E-state index contributed by atoms with van der Waals surface area (Å²) < 4.78 is 4.33. The van der Waals surface area contributed by atoms with Gasteiger partial charge in [0.2, 0.25) is 0 Å². The van der Waals surface area contributed by atoms with Crippen LogP contribution in [-0.4, -0.2) is 0 Å². The Bertz CT molecular complexity index is 1180. The SMILES string of the molecule is Brc1ccc2c(c1)C1(c3cc(Br)ccc3C2)c2cc(Br)ccc2Nc2ccc(Br)cc21. The molecule has 0 bridgehead atoms. The van der Waals surface area contributed by atoms with E-state index in [-0.39, 0.29) is 0 Å². The van der Waals surface area contributed by atoms with E-state index >= 15 is 0 Å². The Morgan fingerprint density at radius 2 is 0.903 bits per heavy atom. The molecule has 0 saturated heterocycles. The van der Waals surface area contributed by atoms with E-state index in [1.165, 1.54) is 33.4 Å². The van der Waals surface area contributed by atoms with Crippen molar-refractivity contribution in [1.29, 1.82) is 0 Å². The third-order valence-corrected chi connectivity index (χ3v) is 8.35. The first-order valence-corrected chi connectivity index (χ1v) is 13.1. The Morgan fingerprint density at radius 1 is 0.516 bits per heavy atom. The fourth-order valence-corrected chi connectivity index (χ4v) is 6.64. The fourth-order valence-electron chi connectivity index (χ4n) is 5.20. The van der Waals surface area contributed by atoms with Gasteiger partial charge in [-0.05, 0) is 100 Å². The second-order valence-corrected chi connectivity index (χ2v) is 11.7. The van der Waals surface area contributed by atoms with Gasteiger partial charge in [-0.3, -0.25) is 0 Å². The molecule has 1 spiro atoms. The molecule has 5 heteroatoms. The molecule has 152 valence electrons. The van der Waals surface area contributed by atoms with E-state index in [1.807, 2.05) is 0 Å². The van der Waals surface area contributed by atoms with Crippen molar-refractivity contribution >= 4 is 75.1 Å². The molecule has 1 aliphatic carbocycles. The third kappa shape index (κ3) is 2.97. The van der Waals surface area contributed by atoms with Gasteiger partial charge in [0.25, 0.3) is 0 Å². The highest BCUT2D eigenvalue weighted by Crippen LogP contribution is 2.58. The lowest BCUT2D eigenvalue weighted by Crippen LogP contribution is -2.39. The molecule has 1 aliphatic heterocycles. The Balaban J connectivity index is 1.87. The number of fused-ring (bicyclic) bond motifs is 8. The van der Waals surface area contributed by atoms with Gasteiger partial charge < -0.3 is 5.32 Å². The molecule has 1 N–H and O–H groups in total. The molecule has 0 saturated carbocycles. The van der Waals surface area contributed by atoms with Crippen LogP contribution in [0.25, 0.3) is 0 Å². The van der Waals surface area contributed by atoms with Crippen LogP contribution < -0.4 is 5.32 Å². The maximum Gasteiger partial charge on any atom is 0.0749 e. The zero-order valence-electron chi connectivity index (χ0n) is 16.1. The standard InChI is InChI=1S/C26H15Br4N/c27-16-3-1-14-9-15-2-4-17(28)11-21(15)26(20(14)10-16)22-12-18(29)5-7-24(22)31-25-8-6-19(30)13-23(25)26/h1-8,10-13,31H,9H2. The van der Waals surface area contributed by atoms with Gasteiger partial charge >= 0.3 is 0 Å². The Hall–Kier alpha value is -1.40. The van der Waals surface area contributed by atoms with Gasteiger partial charge in [0.1, 0.15) is 0 Å². The minimum Gasteiger partial charge on any atom is -0.355 e. The second-order valence-electron chi connectivity index (χ2n) is 8.03. The molecule has 0 amide bonds. The number of anilines is 2. The summed E-state index contributed by atoms with van der Waals surface area (Å²) in [7, 11) is 0. The summed E-state index contributed by atoms with van der Waals surface area (Å²) in [5.74, 6) is 0. The lowest BCUT2D eigenvalue weighted by Gasteiger charge is -2.46. The number of benzene rings is 4. The van der Waals surface area contributed by atoms with Crippen LogP contribution in [0, 0.1) is 0 Å². The summed E-state index contributed by atoms with van der Waals surface area (Å²) >= 11 is 15.0. The van der Waals surface area contributed by atoms with Gasteiger partial charge in [0.05, 0.1) is 5.41 Å². The number of nitrogens with one attached hydrogen (secondary N) is 1. The number of rotatable bonds is 0. The lowest BCUT2D eigenvalue weighted by atomic mass is 9.58. The topological polar surface area (TPSA) is 12.0 Å². The van der Waals surface area contributed by atoms with Crippen molar-refractivity contribution in [2.75, 3.05) is 5.32 Å². The Labute approximate surface area is 214 Å². The molecule has 4 aromatic rings. The molecule has 0 fully saturated rings. The first-order valence-electron chi connectivity index (χ1n) is 9.92.